The van der Waals surface area contributed by atoms with Crippen molar-refractivity contribution in [1.29, 1.82) is 0 Å². The van der Waals surface area contributed by atoms with Gasteiger partial charge in [0.1, 0.15) is 0 Å². The number of hydrogen-bond donors (Lipinski definition) is 1. The average molecular weight is 533 g/mol. The zero-order valence-electron chi connectivity index (χ0n) is 18.9. The van der Waals surface area contributed by atoms with Crippen LogP contribution in [0.5, 0.6) is 0 Å². The molecule has 3 aromatic carbocycles. The third-order valence-corrected chi connectivity index (χ3v) is 8.12. The highest BCUT2D eigenvalue weighted by Crippen LogP contribution is 2.36. The Hall–Kier alpha value is -2.38. The van der Waals surface area contributed by atoms with Crippen molar-refractivity contribution < 1.29 is 13.2 Å². The van der Waals surface area contributed by atoms with Crippen molar-refractivity contribution in [2.75, 3.05) is 11.6 Å². The van der Waals surface area contributed by atoms with Crippen LogP contribution in [0.2, 0.25) is 10.0 Å². The standard InChI is InChI=1S/C26H23Cl2NO3S2/c1-26(2,18-5-7-20(27)8-6-18)19-12-21(28)14-22(13-19)29-25(30)24-11-17-10-16(15-34(3,31)32)4-9-23(17)33-24/h4-14H,15H2,1-3H3,(H,29,30). The molecule has 176 valence electrons. The van der Waals surface area contributed by atoms with E-state index in [9.17, 15) is 13.2 Å². The SMILES string of the molecule is CC(C)(c1ccc(Cl)cc1)c1cc(Cl)cc(NC(=O)c2cc3cc(CS(C)(=O)=O)ccc3s2)c1. The largest absolute Gasteiger partial charge is 0.321 e. The Morgan fingerprint density at radius 3 is 2.29 bits per heavy atom. The summed E-state index contributed by atoms with van der Waals surface area (Å²) in [5.41, 5.74) is 2.97. The van der Waals surface area contributed by atoms with Crippen LogP contribution in [-0.4, -0.2) is 20.6 Å². The Labute approximate surface area is 213 Å². The number of rotatable bonds is 6. The van der Waals surface area contributed by atoms with Gasteiger partial charge in [-0.2, -0.15) is 0 Å². The lowest BCUT2D eigenvalue weighted by Gasteiger charge is -2.27. The molecule has 0 bridgehead atoms. The van der Waals surface area contributed by atoms with E-state index in [1.165, 1.54) is 17.6 Å². The van der Waals surface area contributed by atoms with Crippen LogP contribution in [-0.2, 0) is 21.0 Å². The monoisotopic (exact) mass is 531 g/mol. The maximum Gasteiger partial charge on any atom is 0.265 e. The molecule has 0 aliphatic heterocycles. The Bertz CT molecular complexity index is 1490. The van der Waals surface area contributed by atoms with E-state index in [4.69, 9.17) is 23.2 Å². The van der Waals surface area contributed by atoms with Crippen LogP contribution in [0.1, 0.15) is 40.2 Å². The molecule has 1 aromatic heterocycles. The topological polar surface area (TPSA) is 63.2 Å². The van der Waals surface area contributed by atoms with Crippen molar-refractivity contribution in [3.8, 4) is 0 Å². The van der Waals surface area contributed by atoms with Crippen molar-refractivity contribution in [3.63, 3.8) is 0 Å². The molecular weight excluding hydrogens is 509 g/mol. The molecule has 0 spiro atoms. The lowest BCUT2D eigenvalue weighted by atomic mass is 9.78. The normalized spacial score (nSPS) is 12.1. The number of amides is 1. The van der Waals surface area contributed by atoms with Gasteiger partial charge in [-0.1, -0.05) is 55.2 Å². The molecule has 4 nitrogen and oxygen atoms in total. The fraction of sp³-hybridized carbons (Fsp3) is 0.192. The second-order valence-corrected chi connectivity index (χ2v) is 13.0. The van der Waals surface area contributed by atoms with Crippen molar-refractivity contribution >= 4 is 66.1 Å². The van der Waals surface area contributed by atoms with Crippen molar-refractivity contribution in [3.05, 3.63) is 98.3 Å². The van der Waals surface area contributed by atoms with Crippen molar-refractivity contribution in [2.45, 2.75) is 25.0 Å². The maximum atomic E-state index is 13.0. The molecule has 4 aromatic rings. The fourth-order valence-corrected chi connectivity index (χ4v) is 5.93. The predicted molar refractivity (Wildman–Crippen MR) is 143 cm³/mol. The van der Waals surface area contributed by atoms with Crippen molar-refractivity contribution in [1.82, 2.24) is 0 Å². The van der Waals surface area contributed by atoms with E-state index < -0.39 is 9.84 Å². The molecule has 0 saturated carbocycles. The maximum absolute atomic E-state index is 13.0. The number of carbonyl (C=O) groups is 1. The predicted octanol–water partition coefficient (Wildman–Crippen LogP) is 7.33. The highest BCUT2D eigenvalue weighted by atomic mass is 35.5. The summed E-state index contributed by atoms with van der Waals surface area (Å²) >= 11 is 13.8. The van der Waals surface area contributed by atoms with E-state index in [-0.39, 0.29) is 17.1 Å². The number of fused-ring (bicyclic) bond motifs is 1. The summed E-state index contributed by atoms with van der Waals surface area (Å²) in [7, 11) is -3.13. The van der Waals surface area contributed by atoms with Crippen LogP contribution in [0.3, 0.4) is 0 Å². The second kappa shape index (κ2) is 9.34. The molecule has 0 fully saturated rings. The molecule has 0 aliphatic rings. The summed E-state index contributed by atoms with van der Waals surface area (Å²) < 4.78 is 24.1. The highest BCUT2D eigenvalue weighted by Gasteiger charge is 2.24. The van der Waals surface area contributed by atoms with E-state index in [2.05, 4.69) is 19.2 Å². The molecule has 4 rings (SSSR count). The van der Waals surface area contributed by atoms with E-state index in [0.29, 0.717) is 26.2 Å². The lowest BCUT2D eigenvalue weighted by molar-refractivity contribution is 0.103. The van der Waals surface area contributed by atoms with Gasteiger partial charge in [0, 0.05) is 32.1 Å². The second-order valence-electron chi connectivity index (χ2n) is 8.87. The quantitative estimate of drug-likeness (QED) is 0.283. The number of hydrogen-bond acceptors (Lipinski definition) is 4. The van der Waals surface area contributed by atoms with Gasteiger partial charge in [0.05, 0.1) is 10.6 Å². The molecule has 34 heavy (non-hydrogen) atoms. The van der Waals surface area contributed by atoms with Gasteiger partial charge in [0.15, 0.2) is 9.84 Å². The molecule has 8 heteroatoms. The Kier molecular flexibility index (Phi) is 6.80. The Balaban J connectivity index is 1.60. The molecule has 0 unspecified atom stereocenters. The molecular formula is C26H23Cl2NO3S2. The number of anilines is 1. The van der Waals surface area contributed by atoms with Gasteiger partial charge in [0.25, 0.3) is 5.91 Å². The summed E-state index contributed by atoms with van der Waals surface area (Å²) in [6.45, 7) is 4.18. The average Bonchev–Trinajstić information content (AvgIpc) is 3.16. The van der Waals surface area contributed by atoms with E-state index in [1.807, 2.05) is 48.5 Å². The highest BCUT2D eigenvalue weighted by molar-refractivity contribution is 7.89. The fourth-order valence-electron chi connectivity index (χ4n) is 3.85. The number of halogens is 2. The number of thiophene rings is 1. The summed E-state index contributed by atoms with van der Waals surface area (Å²) in [4.78, 5) is 13.6. The zero-order valence-corrected chi connectivity index (χ0v) is 22.0. The smallest absolute Gasteiger partial charge is 0.265 e. The Morgan fingerprint density at radius 2 is 1.62 bits per heavy atom. The molecule has 0 saturated heterocycles. The molecule has 1 N–H and O–H groups in total. The Morgan fingerprint density at radius 1 is 0.912 bits per heavy atom. The van der Waals surface area contributed by atoms with Crippen molar-refractivity contribution in [2.24, 2.45) is 0 Å². The van der Waals surface area contributed by atoms with Crippen LogP contribution >= 0.6 is 34.5 Å². The summed E-state index contributed by atoms with van der Waals surface area (Å²) in [6, 6.07) is 20.5. The molecule has 1 heterocycles. The minimum atomic E-state index is -3.13. The molecule has 0 aliphatic carbocycles. The first-order chi connectivity index (χ1) is 15.9. The van der Waals surface area contributed by atoms with Crippen LogP contribution < -0.4 is 5.32 Å². The molecule has 1 amide bonds. The first kappa shape index (κ1) is 24.7. The van der Waals surface area contributed by atoms with Gasteiger partial charge in [0.2, 0.25) is 0 Å². The van der Waals surface area contributed by atoms with E-state index in [0.717, 1.165) is 21.2 Å². The van der Waals surface area contributed by atoms with E-state index in [1.54, 1.807) is 18.2 Å². The molecule has 0 atom stereocenters. The summed E-state index contributed by atoms with van der Waals surface area (Å²) in [5, 5.41) is 4.99. The number of carbonyl (C=O) groups excluding carboxylic acids is 1. The molecule has 0 radical (unpaired) electrons. The van der Waals surface area contributed by atoms with Gasteiger partial charge in [-0.25, -0.2) is 8.42 Å². The minimum Gasteiger partial charge on any atom is -0.321 e. The summed E-state index contributed by atoms with van der Waals surface area (Å²) in [6.07, 6.45) is 1.21. The van der Waals surface area contributed by atoms with E-state index >= 15 is 0 Å². The summed E-state index contributed by atoms with van der Waals surface area (Å²) in [5.74, 6) is -0.280. The van der Waals surface area contributed by atoms with Crippen LogP contribution in [0.15, 0.2) is 66.7 Å². The lowest BCUT2D eigenvalue weighted by Crippen LogP contribution is -2.19. The van der Waals surface area contributed by atoms with Gasteiger partial charge >= 0.3 is 0 Å². The van der Waals surface area contributed by atoms with Gasteiger partial charge in [-0.15, -0.1) is 11.3 Å². The number of sulfone groups is 1. The van der Waals surface area contributed by atoms with Gasteiger partial charge in [-0.05, 0) is 70.6 Å². The zero-order chi connectivity index (χ0) is 24.7. The van der Waals surface area contributed by atoms with Crippen LogP contribution in [0.25, 0.3) is 10.1 Å². The third-order valence-electron chi connectivity index (χ3n) is 5.68. The van der Waals surface area contributed by atoms with Crippen LogP contribution in [0, 0.1) is 0 Å². The third kappa shape index (κ3) is 5.63. The van der Waals surface area contributed by atoms with Crippen LogP contribution in [0.4, 0.5) is 5.69 Å². The first-order valence-electron chi connectivity index (χ1n) is 10.5. The minimum absolute atomic E-state index is 0.0327. The number of nitrogens with one attached hydrogen (secondary N) is 1. The van der Waals surface area contributed by atoms with Gasteiger partial charge < -0.3 is 5.32 Å². The number of benzene rings is 3. The first-order valence-corrected chi connectivity index (χ1v) is 14.1. The van der Waals surface area contributed by atoms with Gasteiger partial charge in [-0.3, -0.25) is 4.79 Å².